The molecule has 1 aliphatic carbocycles. The van der Waals surface area contributed by atoms with Gasteiger partial charge in [-0.1, -0.05) is 18.0 Å². The van der Waals surface area contributed by atoms with Gasteiger partial charge >= 0.3 is 0 Å². The summed E-state index contributed by atoms with van der Waals surface area (Å²) in [5.74, 6) is 0. The van der Waals surface area contributed by atoms with Crippen LogP contribution in [0, 0.1) is 5.41 Å². The van der Waals surface area contributed by atoms with E-state index in [2.05, 4.69) is 16.7 Å². The number of hydrogen-bond acceptors (Lipinski definition) is 2. The van der Waals surface area contributed by atoms with Gasteiger partial charge in [-0.15, -0.1) is 0 Å². The molecule has 1 aromatic carbocycles. The number of fused-ring (bicyclic) bond motifs is 1. The topological polar surface area (TPSA) is 24.1 Å². The van der Waals surface area contributed by atoms with Gasteiger partial charge in [-0.05, 0) is 31.0 Å². The van der Waals surface area contributed by atoms with Gasteiger partial charge in [-0.25, -0.2) is 0 Å². The van der Waals surface area contributed by atoms with Crippen molar-refractivity contribution in [1.29, 1.82) is 0 Å². The lowest BCUT2D eigenvalue weighted by Gasteiger charge is -2.41. The van der Waals surface area contributed by atoms with E-state index in [0.29, 0.717) is 5.41 Å². The fourth-order valence-corrected chi connectivity index (χ4v) is 2.65. The lowest BCUT2D eigenvalue weighted by Crippen LogP contribution is -2.40. The van der Waals surface area contributed by atoms with Gasteiger partial charge < -0.3 is 10.6 Å². The van der Waals surface area contributed by atoms with Crippen LogP contribution in [0.3, 0.4) is 0 Å². The Labute approximate surface area is 95.0 Å². The summed E-state index contributed by atoms with van der Waals surface area (Å²) >= 11 is 5.98. The normalized spacial score (nSPS) is 21.9. The summed E-state index contributed by atoms with van der Waals surface area (Å²) < 4.78 is 0. The fourth-order valence-electron chi connectivity index (χ4n) is 2.48. The second-order valence-electron chi connectivity index (χ2n) is 4.75. The molecule has 0 radical (unpaired) electrons. The van der Waals surface area contributed by atoms with Crippen LogP contribution in [-0.4, -0.2) is 13.1 Å². The highest BCUT2D eigenvalue weighted by Gasteiger charge is 2.37. The third-order valence-corrected chi connectivity index (χ3v) is 3.94. The van der Waals surface area contributed by atoms with Crippen LogP contribution in [0.5, 0.6) is 0 Å². The third-order valence-electron chi connectivity index (χ3n) is 3.70. The molecule has 1 saturated carbocycles. The van der Waals surface area contributed by atoms with E-state index in [-0.39, 0.29) is 0 Å². The quantitative estimate of drug-likeness (QED) is 0.704. The average molecular weight is 223 g/mol. The number of halogens is 1. The summed E-state index contributed by atoms with van der Waals surface area (Å²) in [4.78, 5) is 0. The van der Waals surface area contributed by atoms with Gasteiger partial charge in [-0.2, -0.15) is 0 Å². The van der Waals surface area contributed by atoms with Crippen molar-refractivity contribution in [3.05, 3.63) is 23.2 Å². The number of nitrogens with one attached hydrogen (secondary N) is 2. The predicted molar refractivity (Wildman–Crippen MR) is 64.7 cm³/mol. The number of hydrogen-bond donors (Lipinski definition) is 2. The molecule has 0 saturated heterocycles. The number of anilines is 2. The van der Waals surface area contributed by atoms with E-state index in [0.717, 1.165) is 23.8 Å². The van der Waals surface area contributed by atoms with Gasteiger partial charge in [-0.3, -0.25) is 0 Å². The van der Waals surface area contributed by atoms with Crippen molar-refractivity contribution in [3.8, 4) is 0 Å². The molecule has 3 rings (SSSR count). The second-order valence-corrected chi connectivity index (χ2v) is 5.19. The maximum Gasteiger partial charge on any atom is 0.0591 e. The van der Waals surface area contributed by atoms with E-state index in [1.807, 2.05) is 12.1 Å². The summed E-state index contributed by atoms with van der Waals surface area (Å²) in [5, 5.41) is 7.83. The van der Waals surface area contributed by atoms with Gasteiger partial charge in [0.15, 0.2) is 0 Å². The van der Waals surface area contributed by atoms with Gasteiger partial charge in [0.25, 0.3) is 0 Å². The van der Waals surface area contributed by atoms with Gasteiger partial charge in [0.2, 0.25) is 0 Å². The molecule has 2 N–H and O–H groups in total. The Morgan fingerprint density at radius 2 is 1.80 bits per heavy atom. The number of benzene rings is 1. The maximum atomic E-state index is 5.98. The molecule has 1 spiro atoms. The van der Waals surface area contributed by atoms with Crippen molar-refractivity contribution in [3.63, 3.8) is 0 Å². The predicted octanol–water partition coefficient (Wildman–Crippen LogP) is 3.35. The summed E-state index contributed by atoms with van der Waals surface area (Å²) in [6.45, 7) is 2.17. The first-order chi connectivity index (χ1) is 7.27. The molecule has 0 amide bonds. The van der Waals surface area contributed by atoms with E-state index >= 15 is 0 Å². The smallest absolute Gasteiger partial charge is 0.0591 e. The van der Waals surface area contributed by atoms with Gasteiger partial charge in [0.05, 0.1) is 11.4 Å². The first-order valence-corrected chi connectivity index (χ1v) is 5.93. The van der Waals surface area contributed by atoms with Crippen molar-refractivity contribution in [2.45, 2.75) is 19.3 Å². The lowest BCUT2D eigenvalue weighted by molar-refractivity contribution is 0.171. The van der Waals surface area contributed by atoms with E-state index in [1.54, 1.807) is 0 Å². The standard InChI is InChI=1S/C12H15ClN2/c13-9-2-3-10-11(6-9)15-8-12(7-14-10)4-1-5-12/h2-3,6,14-15H,1,4-5,7-8H2. The minimum absolute atomic E-state index is 0.492. The molecule has 2 aliphatic rings. The highest BCUT2D eigenvalue weighted by Crippen LogP contribution is 2.43. The van der Waals surface area contributed by atoms with Crippen LogP contribution in [0.15, 0.2) is 18.2 Å². The molecular formula is C12H15ClN2. The average Bonchev–Trinajstić information content (AvgIpc) is 2.36. The summed E-state index contributed by atoms with van der Waals surface area (Å²) in [6, 6.07) is 6.00. The molecule has 1 aliphatic heterocycles. The Morgan fingerprint density at radius 3 is 2.47 bits per heavy atom. The molecule has 1 heterocycles. The molecule has 2 nitrogen and oxygen atoms in total. The SMILES string of the molecule is Clc1ccc2c(c1)NCC1(CCC1)CN2. The zero-order chi connectivity index (χ0) is 10.3. The van der Waals surface area contributed by atoms with Crippen LogP contribution in [0.25, 0.3) is 0 Å². The van der Waals surface area contributed by atoms with Crippen LogP contribution in [0.4, 0.5) is 11.4 Å². The first-order valence-electron chi connectivity index (χ1n) is 5.55. The maximum absolute atomic E-state index is 5.98. The van der Waals surface area contributed by atoms with E-state index in [9.17, 15) is 0 Å². The summed E-state index contributed by atoms with van der Waals surface area (Å²) in [7, 11) is 0. The van der Waals surface area contributed by atoms with Crippen LogP contribution < -0.4 is 10.6 Å². The minimum Gasteiger partial charge on any atom is -0.383 e. The van der Waals surface area contributed by atoms with Crippen LogP contribution >= 0.6 is 11.6 Å². The van der Waals surface area contributed by atoms with E-state index in [4.69, 9.17) is 11.6 Å². The first kappa shape index (κ1) is 9.34. The molecule has 1 fully saturated rings. The Balaban J connectivity index is 1.88. The molecule has 0 bridgehead atoms. The Hall–Kier alpha value is -0.890. The molecule has 0 unspecified atom stereocenters. The van der Waals surface area contributed by atoms with Crippen molar-refractivity contribution in [1.82, 2.24) is 0 Å². The third kappa shape index (κ3) is 1.57. The lowest BCUT2D eigenvalue weighted by atomic mass is 9.69. The molecule has 1 aromatic rings. The minimum atomic E-state index is 0.492. The fraction of sp³-hybridized carbons (Fsp3) is 0.500. The highest BCUT2D eigenvalue weighted by atomic mass is 35.5. The van der Waals surface area contributed by atoms with E-state index in [1.165, 1.54) is 24.9 Å². The van der Waals surface area contributed by atoms with Gasteiger partial charge in [0, 0.05) is 23.5 Å². The zero-order valence-corrected chi connectivity index (χ0v) is 9.40. The molecule has 3 heteroatoms. The van der Waals surface area contributed by atoms with E-state index < -0.39 is 0 Å². The molecular weight excluding hydrogens is 208 g/mol. The molecule has 15 heavy (non-hydrogen) atoms. The summed E-state index contributed by atoms with van der Waals surface area (Å²) in [5.41, 5.74) is 2.82. The van der Waals surface area contributed by atoms with Crippen molar-refractivity contribution in [2.75, 3.05) is 23.7 Å². The van der Waals surface area contributed by atoms with Crippen molar-refractivity contribution < 1.29 is 0 Å². The Kier molecular flexibility index (Phi) is 2.06. The molecule has 0 atom stereocenters. The van der Waals surface area contributed by atoms with Crippen molar-refractivity contribution >= 4 is 23.0 Å². The van der Waals surface area contributed by atoms with Crippen LogP contribution in [-0.2, 0) is 0 Å². The van der Waals surface area contributed by atoms with Crippen LogP contribution in [0.1, 0.15) is 19.3 Å². The molecule has 0 aromatic heterocycles. The molecule has 80 valence electrons. The Bertz CT molecular complexity index is 385. The zero-order valence-electron chi connectivity index (χ0n) is 8.65. The number of rotatable bonds is 0. The van der Waals surface area contributed by atoms with Crippen molar-refractivity contribution in [2.24, 2.45) is 5.41 Å². The van der Waals surface area contributed by atoms with Gasteiger partial charge in [0.1, 0.15) is 0 Å². The van der Waals surface area contributed by atoms with Crippen LogP contribution in [0.2, 0.25) is 5.02 Å². The second kappa shape index (κ2) is 3.31. The largest absolute Gasteiger partial charge is 0.383 e. The monoisotopic (exact) mass is 222 g/mol. The highest BCUT2D eigenvalue weighted by molar-refractivity contribution is 6.31. The summed E-state index contributed by atoms with van der Waals surface area (Å²) in [6.07, 6.45) is 4.06. The Morgan fingerprint density at radius 1 is 1.07 bits per heavy atom.